The van der Waals surface area contributed by atoms with Gasteiger partial charge in [0, 0.05) is 18.7 Å². The second kappa shape index (κ2) is 6.06. The number of nitrogens with zero attached hydrogens (tertiary/aromatic N) is 2. The molecule has 4 nitrogen and oxygen atoms in total. The SMILES string of the molecule is CCC1(CC)CC(Nc2cc(Cl)nc(C)n2)CCO1. The van der Waals surface area contributed by atoms with Crippen LogP contribution >= 0.6 is 11.6 Å². The van der Waals surface area contributed by atoms with Gasteiger partial charge in [-0.15, -0.1) is 0 Å². The second-order valence-corrected chi connectivity index (χ2v) is 5.58. The van der Waals surface area contributed by atoms with Crippen LogP contribution in [-0.2, 0) is 4.74 Å². The normalized spacial score (nSPS) is 22.2. The molecule has 1 unspecified atom stereocenters. The standard InChI is InChI=1S/C14H22ClN3O/c1-4-14(5-2)9-11(6-7-19-14)18-13-8-12(15)16-10(3)17-13/h8,11H,4-7,9H2,1-3H3,(H,16,17,18). The summed E-state index contributed by atoms with van der Waals surface area (Å²) in [6.07, 6.45) is 4.11. The van der Waals surface area contributed by atoms with Crippen LogP contribution in [0, 0.1) is 6.92 Å². The van der Waals surface area contributed by atoms with Gasteiger partial charge in [0.25, 0.3) is 0 Å². The summed E-state index contributed by atoms with van der Waals surface area (Å²) in [4.78, 5) is 8.46. The summed E-state index contributed by atoms with van der Waals surface area (Å²) >= 11 is 5.96. The third-order valence-electron chi connectivity index (χ3n) is 3.94. The van der Waals surface area contributed by atoms with Crippen LogP contribution in [0.2, 0.25) is 5.15 Å². The number of ether oxygens (including phenoxy) is 1. The summed E-state index contributed by atoms with van der Waals surface area (Å²) in [5.41, 5.74) is 0.0157. The monoisotopic (exact) mass is 283 g/mol. The van der Waals surface area contributed by atoms with Crippen LogP contribution in [0.25, 0.3) is 0 Å². The zero-order chi connectivity index (χ0) is 13.9. The van der Waals surface area contributed by atoms with Crippen molar-refractivity contribution < 1.29 is 4.74 Å². The molecule has 0 saturated carbocycles. The van der Waals surface area contributed by atoms with Gasteiger partial charge in [0.1, 0.15) is 16.8 Å². The largest absolute Gasteiger partial charge is 0.375 e. The highest BCUT2D eigenvalue weighted by Crippen LogP contribution is 2.32. The van der Waals surface area contributed by atoms with Crippen LogP contribution < -0.4 is 5.32 Å². The first-order valence-corrected chi connectivity index (χ1v) is 7.36. The zero-order valence-corrected chi connectivity index (χ0v) is 12.6. The summed E-state index contributed by atoms with van der Waals surface area (Å²) < 4.78 is 5.98. The number of anilines is 1. The molecule has 1 aliphatic rings. The minimum atomic E-state index is 0.0157. The molecule has 1 aliphatic heterocycles. The molecule has 0 spiro atoms. The number of aryl methyl sites for hydroxylation is 1. The number of hydrogen-bond acceptors (Lipinski definition) is 4. The van der Waals surface area contributed by atoms with Gasteiger partial charge in [0.05, 0.1) is 5.60 Å². The van der Waals surface area contributed by atoms with E-state index in [0.29, 0.717) is 17.0 Å². The van der Waals surface area contributed by atoms with E-state index in [1.165, 1.54) is 0 Å². The molecule has 1 saturated heterocycles. The second-order valence-electron chi connectivity index (χ2n) is 5.20. The maximum atomic E-state index is 5.98. The first-order chi connectivity index (χ1) is 9.07. The molecule has 2 rings (SSSR count). The molecule has 0 aliphatic carbocycles. The lowest BCUT2D eigenvalue weighted by molar-refractivity contribution is -0.0864. The molecule has 1 fully saturated rings. The topological polar surface area (TPSA) is 47.0 Å². The van der Waals surface area contributed by atoms with Gasteiger partial charge in [0.2, 0.25) is 0 Å². The van der Waals surface area contributed by atoms with Gasteiger partial charge in [-0.25, -0.2) is 9.97 Å². The first kappa shape index (κ1) is 14.5. The summed E-state index contributed by atoms with van der Waals surface area (Å²) in [6, 6.07) is 2.17. The fourth-order valence-electron chi connectivity index (χ4n) is 2.71. The van der Waals surface area contributed by atoms with Gasteiger partial charge in [-0.1, -0.05) is 25.4 Å². The maximum absolute atomic E-state index is 5.98. The van der Waals surface area contributed by atoms with E-state index in [4.69, 9.17) is 16.3 Å². The molecular formula is C14H22ClN3O. The molecule has 19 heavy (non-hydrogen) atoms. The Bertz CT molecular complexity index is 414. The predicted molar refractivity (Wildman–Crippen MR) is 77.7 cm³/mol. The third kappa shape index (κ3) is 3.57. The van der Waals surface area contributed by atoms with Crippen LogP contribution in [0.3, 0.4) is 0 Å². The third-order valence-corrected chi connectivity index (χ3v) is 4.13. The van der Waals surface area contributed by atoms with Crippen LogP contribution in [0.4, 0.5) is 5.82 Å². The smallest absolute Gasteiger partial charge is 0.134 e. The number of aromatic nitrogens is 2. The molecule has 5 heteroatoms. The van der Waals surface area contributed by atoms with Gasteiger partial charge >= 0.3 is 0 Å². The molecule has 0 amide bonds. The Morgan fingerprint density at radius 3 is 2.79 bits per heavy atom. The van der Waals surface area contributed by atoms with E-state index in [1.807, 2.05) is 6.92 Å². The molecule has 2 heterocycles. The number of halogens is 1. The van der Waals surface area contributed by atoms with Gasteiger partial charge in [-0.05, 0) is 32.6 Å². The molecule has 0 aromatic carbocycles. The minimum Gasteiger partial charge on any atom is -0.375 e. The number of rotatable bonds is 4. The van der Waals surface area contributed by atoms with Crippen molar-refractivity contribution in [3.05, 3.63) is 17.0 Å². The van der Waals surface area contributed by atoms with Crippen LogP contribution in [0.1, 0.15) is 45.4 Å². The highest BCUT2D eigenvalue weighted by molar-refractivity contribution is 6.29. The highest BCUT2D eigenvalue weighted by atomic mass is 35.5. The average molecular weight is 284 g/mol. The van der Waals surface area contributed by atoms with Gasteiger partial charge < -0.3 is 10.1 Å². The Morgan fingerprint density at radius 1 is 1.42 bits per heavy atom. The van der Waals surface area contributed by atoms with Gasteiger partial charge in [-0.2, -0.15) is 0 Å². The lowest BCUT2D eigenvalue weighted by Crippen LogP contribution is -2.43. The van der Waals surface area contributed by atoms with Crippen molar-refractivity contribution in [2.24, 2.45) is 0 Å². The van der Waals surface area contributed by atoms with Crippen LogP contribution in [-0.4, -0.2) is 28.2 Å². The molecule has 1 atom stereocenters. The van der Waals surface area contributed by atoms with Crippen molar-refractivity contribution in [2.75, 3.05) is 11.9 Å². The summed E-state index contributed by atoms with van der Waals surface area (Å²) in [6.45, 7) is 7.04. The quantitative estimate of drug-likeness (QED) is 0.858. The first-order valence-electron chi connectivity index (χ1n) is 6.98. The zero-order valence-electron chi connectivity index (χ0n) is 11.9. The minimum absolute atomic E-state index is 0.0157. The summed E-state index contributed by atoms with van der Waals surface area (Å²) in [5, 5.41) is 3.96. The molecular weight excluding hydrogens is 262 g/mol. The summed E-state index contributed by atoms with van der Waals surface area (Å²) in [7, 11) is 0. The lowest BCUT2D eigenvalue weighted by atomic mass is 9.86. The fraction of sp³-hybridized carbons (Fsp3) is 0.714. The average Bonchev–Trinajstić information content (AvgIpc) is 2.37. The Morgan fingerprint density at radius 2 is 2.16 bits per heavy atom. The number of hydrogen-bond donors (Lipinski definition) is 1. The van der Waals surface area contributed by atoms with Crippen molar-refractivity contribution >= 4 is 17.4 Å². The van der Waals surface area contributed by atoms with E-state index >= 15 is 0 Å². The Kier molecular flexibility index (Phi) is 4.63. The van der Waals surface area contributed by atoms with E-state index in [2.05, 4.69) is 29.1 Å². The molecule has 0 bridgehead atoms. The van der Waals surface area contributed by atoms with Crippen molar-refractivity contribution in [1.82, 2.24) is 9.97 Å². The van der Waals surface area contributed by atoms with E-state index in [1.54, 1.807) is 6.07 Å². The molecule has 1 aromatic heterocycles. The van der Waals surface area contributed by atoms with Gasteiger partial charge in [-0.3, -0.25) is 0 Å². The van der Waals surface area contributed by atoms with Crippen molar-refractivity contribution in [3.8, 4) is 0 Å². The predicted octanol–water partition coefficient (Wildman–Crippen LogP) is 3.59. The lowest BCUT2D eigenvalue weighted by Gasteiger charge is -2.40. The number of nitrogens with one attached hydrogen (secondary N) is 1. The van der Waals surface area contributed by atoms with Crippen LogP contribution in [0.15, 0.2) is 6.07 Å². The van der Waals surface area contributed by atoms with Crippen molar-refractivity contribution in [1.29, 1.82) is 0 Å². The summed E-state index contributed by atoms with van der Waals surface area (Å²) in [5.74, 6) is 1.50. The van der Waals surface area contributed by atoms with E-state index < -0.39 is 0 Å². The molecule has 1 N–H and O–H groups in total. The molecule has 1 aromatic rings. The van der Waals surface area contributed by atoms with E-state index in [-0.39, 0.29) is 5.60 Å². The van der Waals surface area contributed by atoms with Gasteiger partial charge in [0.15, 0.2) is 0 Å². The Hall–Kier alpha value is -0.870. The Labute approximate surface area is 119 Å². The molecule has 0 radical (unpaired) electrons. The Balaban J connectivity index is 2.06. The van der Waals surface area contributed by atoms with Crippen molar-refractivity contribution in [2.45, 2.75) is 58.1 Å². The maximum Gasteiger partial charge on any atom is 0.134 e. The molecule has 106 valence electrons. The van der Waals surface area contributed by atoms with E-state index in [9.17, 15) is 0 Å². The van der Waals surface area contributed by atoms with Crippen LogP contribution in [0.5, 0.6) is 0 Å². The van der Waals surface area contributed by atoms with E-state index in [0.717, 1.165) is 38.1 Å². The highest BCUT2D eigenvalue weighted by Gasteiger charge is 2.34. The van der Waals surface area contributed by atoms with Crippen molar-refractivity contribution in [3.63, 3.8) is 0 Å². The fourth-order valence-corrected chi connectivity index (χ4v) is 2.93.